The van der Waals surface area contributed by atoms with Crippen molar-refractivity contribution in [2.24, 2.45) is 10.1 Å². The van der Waals surface area contributed by atoms with Crippen molar-refractivity contribution in [2.45, 2.75) is 34.3 Å². The van der Waals surface area contributed by atoms with Crippen LogP contribution in [0.15, 0.2) is 51.9 Å². The SMILES string of the molecule is CCN=c1scc(-c2cc(C)c(C)cc2C)n1N=Cc1ccc(OC(F)F)cc1. The molecule has 0 radical (unpaired) electrons. The molecular weight excluding hydrogens is 392 g/mol. The van der Waals surface area contributed by atoms with Gasteiger partial charge in [0.05, 0.1) is 11.9 Å². The van der Waals surface area contributed by atoms with E-state index in [1.807, 2.05) is 11.6 Å². The van der Waals surface area contributed by atoms with Gasteiger partial charge in [-0.1, -0.05) is 6.07 Å². The van der Waals surface area contributed by atoms with Crippen LogP contribution in [0.5, 0.6) is 5.75 Å². The van der Waals surface area contributed by atoms with E-state index in [4.69, 9.17) is 0 Å². The summed E-state index contributed by atoms with van der Waals surface area (Å²) in [6, 6.07) is 10.7. The van der Waals surface area contributed by atoms with E-state index in [0.717, 1.165) is 21.6 Å². The summed E-state index contributed by atoms with van der Waals surface area (Å²) in [5, 5.41) is 6.69. The molecule has 0 spiro atoms. The number of alkyl halides is 2. The van der Waals surface area contributed by atoms with Crippen molar-refractivity contribution in [3.8, 4) is 17.0 Å². The predicted molar refractivity (Wildman–Crippen MR) is 114 cm³/mol. The predicted octanol–water partition coefficient (Wildman–Crippen LogP) is 5.55. The van der Waals surface area contributed by atoms with Gasteiger partial charge in [-0.15, -0.1) is 11.3 Å². The summed E-state index contributed by atoms with van der Waals surface area (Å²) >= 11 is 1.54. The lowest BCUT2D eigenvalue weighted by molar-refractivity contribution is -0.0498. The third kappa shape index (κ3) is 4.98. The van der Waals surface area contributed by atoms with Crippen LogP contribution < -0.4 is 9.54 Å². The van der Waals surface area contributed by atoms with E-state index in [-0.39, 0.29) is 5.75 Å². The van der Waals surface area contributed by atoms with Crippen LogP contribution in [0.25, 0.3) is 11.3 Å². The molecule has 7 heteroatoms. The number of aromatic nitrogens is 1. The highest BCUT2D eigenvalue weighted by Gasteiger charge is 2.11. The lowest BCUT2D eigenvalue weighted by Gasteiger charge is -2.10. The lowest BCUT2D eigenvalue weighted by atomic mass is 9.99. The molecule has 0 unspecified atom stereocenters. The molecule has 0 fully saturated rings. The first-order valence-corrected chi connectivity index (χ1v) is 10.2. The second-order valence-electron chi connectivity index (χ2n) is 6.63. The van der Waals surface area contributed by atoms with E-state index in [0.29, 0.717) is 6.54 Å². The van der Waals surface area contributed by atoms with Crippen molar-refractivity contribution < 1.29 is 13.5 Å². The molecule has 0 atom stereocenters. The maximum Gasteiger partial charge on any atom is 0.387 e. The quantitative estimate of drug-likeness (QED) is 0.487. The molecule has 0 aliphatic heterocycles. The summed E-state index contributed by atoms with van der Waals surface area (Å²) in [4.78, 5) is 5.35. The van der Waals surface area contributed by atoms with Crippen LogP contribution in [0.3, 0.4) is 0 Å². The van der Waals surface area contributed by atoms with Crippen LogP contribution in [0.2, 0.25) is 0 Å². The van der Waals surface area contributed by atoms with Gasteiger partial charge in [-0.25, -0.2) is 4.68 Å². The minimum absolute atomic E-state index is 0.119. The van der Waals surface area contributed by atoms with Gasteiger partial charge >= 0.3 is 6.61 Å². The van der Waals surface area contributed by atoms with Crippen molar-refractivity contribution in [3.05, 3.63) is 68.8 Å². The Labute approximate surface area is 172 Å². The highest BCUT2D eigenvalue weighted by Crippen LogP contribution is 2.27. The van der Waals surface area contributed by atoms with Crippen LogP contribution in [0.1, 0.15) is 29.2 Å². The largest absolute Gasteiger partial charge is 0.435 e. The molecule has 4 nitrogen and oxygen atoms in total. The fraction of sp³-hybridized carbons (Fsp3) is 0.273. The van der Waals surface area contributed by atoms with Gasteiger partial charge in [0.25, 0.3) is 0 Å². The zero-order chi connectivity index (χ0) is 21.0. The van der Waals surface area contributed by atoms with Gasteiger partial charge in [-0.2, -0.15) is 13.9 Å². The summed E-state index contributed by atoms with van der Waals surface area (Å²) in [5.74, 6) is 0.119. The molecule has 29 heavy (non-hydrogen) atoms. The van der Waals surface area contributed by atoms with E-state index in [1.54, 1.807) is 18.3 Å². The van der Waals surface area contributed by atoms with Crippen molar-refractivity contribution in [3.63, 3.8) is 0 Å². The summed E-state index contributed by atoms with van der Waals surface area (Å²) in [6.45, 7) is 6.09. The Morgan fingerprint density at radius 2 is 1.76 bits per heavy atom. The van der Waals surface area contributed by atoms with Crippen LogP contribution in [-0.4, -0.2) is 24.0 Å². The number of hydrogen-bond donors (Lipinski definition) is 0. The third-order valence-corrected chi connectivity index (χ3v) is 5.38. The normalized spacial score (nSPS) is 12.3. The van der Waals surface area contributed by atoms with Crippen molar-refractivity contribution in [1.82, 2.24) is 4.68 Å². The number of ether oxygens (including phenoxy) is 1. The first kappa shape index (κ1) is 20.9. The lowest BCUT2D eigenvalue weighted by Crippen LogP contribution is -2.12. The summed E-state index contributed by atoms with van der Waals surface area (Å²) in [6.07, 6.45) is 1.69. The molecule has 152 valence electrons. The molecule has 0 bridgehead atoms. The smallest absolute Gasteiger partial charge is 0.387 e. The number of thiazole rings is 1. The number of halogens is 2. The van der Waals surface area contributed by atoms with E-state index < -0.39 is 6.61 Å². The zero-order valence-corrected chi connectivity index (χ0v) is 17.6. The maximum absolute atomic E-state index is 12.3. The second kappa shape index (κ2) is 9.13. The van der Waals surface area contributed by atoms with Gasteiger partial charge in [0, 0.05) is 17.5 Å². The van der Waals surface area contributed by atoms with Gasteiger partial charge < -0.3 is 4.74 Å². The third-order valence-electron chi connectivity index (χ3n) is 4.52. The van der Waals surface area contributed by atoms with E-state index >= 15 is 0 Å². The Morgan fingerprint density at radius 3 is 2.41 bits per heavy atom. The van der Waals surface area contributed by atoms with E-state index in [1.165, 1.54) is 40.2 Å². The van der Waals surface area contributed by atoms with E-state index in [2.05, 4.69) is 53.1 Å². The number of benzene rings is 2. The molecule has 0 aliphatic carbocycles. The van der Waals surface area contributed by atoms with Crippen LogP contribution >= 0.6 is 11.3 Å². The van der Waals surface area contributed by atoms with Gasteiger partial charge in [-0.05, 0) is 80.3 Å². The Morgan fingerprint density at radius 1 is 1.07 bits per heavy atom. The van der Waals surface area contributed by atoms with Crippen LogP contribution in [0.4, 0.5) is 8.78 Å². The average Bonchev–Trinajstić information content (AvgIpc) is 3.06. The van der Waals surface area contributed by atoms with Gasteiger partial charge in [0.1, 0.15) is 5.75 Å². The Balaban J connectivity index is 2.01. The van der Waals surface area contributed by atoms with Gasteiger partial charge in [-0.3, -0.25) is 4.99 Å². The Hall–Kier alpha value is -2.80. The highest BCUT2D eigenvalue weighted by atomic mass is 32.1. The highest BCUT2D eigenvalue weighted by molar-refractivity contribution is 7.07. The maximum atomic E-state index is 12.3. The standard InChI is InChI=1S/C22H23F2N3OS/c1-5-25-22-27(26-12-17-6-8-18(9-7-17)28-21(23)24)20(13-29-22)19-11-15(3)14(2)10-16(19)4/h6-13,21H,5H2,1-4H3. The van der Waals surface area contributed by atoms with Crippen LogP contribution in [0, 0.1) is 20.8 Å². The molecule has 3 rings (SSSR count). The zero-order valence-electron chi connectivity index (χ0n) is 16.8. The second-order valence-corrected chi connectivity index (χ2v) is 7.47. The van der Waals surface area contributed by atoms with Gasteiger partial charge in [0.2, 0.25) is 4.80 Å². The number of hydrogen-bond acceptors (Lipinski definition) is 4. The summed E-state index contributed by atoms with van der Waals surface area (Å²) < 4.78 is 30.8. The fourth-order valence-electron chi connectivity index (χ4n) is 2.94. The Bertz CT molecular complexity index is 1080. The topological polar surface area (TPSA) is 38.9 Å². The average molecular weight is 416 g/mol. The Kier molecular flexibility index (Phi) is 6.59. The summed E-state index contributed by atoms with van der Waals surface area (Å²) in [7, 11) is 0. The summed E-state index contributed by atoms with van der Waals surface area (Å²) in [5.41, 5.74) is 6.50. The number of aryl methyl sites for hydroxylation is 3. The molecule has 0 N–H and O–H groups in total. The minimum Gasteiger partial charge on any atom is -0.435 e. The molecule has 2 aromatic carbocycles. The van der Waals surface area contributed by atoms with E-state index in [9.17, 15) is 8.78 Å². The minimum atomic E-state index is -2.84. The van der Waals surface area contributed by atoms with Crippen molar-refractivity contribution in [1.29, 1.82) is 0 Å². The van der Waals surface area contributed by atoms with Crippen LogP contribution in [-0.2, 0) is 0 Å². The fourth-order valence-corrected chi connectivity index (χ4v) is 3.83. The van der Waals surface area contributed by atoms with Gasteiger partial charge in [0.15, 0.2) is 0 Å². The van der Waals surface area contributed by atoms with Crippen molar-refractivity contribution in [2.75, 3.05) is 6.54 Å². The molecule has 0 aliphatic rings. The number of rotatable bonds is 6. The molecule has 3 aromatic rings. The molecular formula is C22H23F2N3OS. The number of nitrogens with zero attached hydrogens (tertiary/aromatic N) is 3. The molecule has 1 heterocycles. The molecule has 0 amide bonds. The molecule has 0 saturated heterocycles. The first-order valence-electron chi connectivity index (χ1n) is 9.27. The molecule has 0 saturated carbocycles. The first-order chi connectivity index (χ1) is 13.9. The van der Waals surface area contributed by atoms with Crippen molar-refractivity contribution >= 4 is 17.6 Å². The monoisotopic (exact) mass is 415 g/mol. The molecule has 1 aromatic heterocycles.